The number of aliphatic hydroxyl groups excluding tert-OH is 1. The van der Waals surface area contributed by atoms with E-state index in [2.05, 4.69) is 0 Å². The van der Waals surface area contributed by atoms with Crippen LogP contribution in [0.2, 0.25) is 0 Å². The Labute approximate surface area is 182 Å². The van der Waals surface area contributed by atoms with Gasteiger partial charge in [0, 0.05) is 28.3 Å². The summed E-state index contributed by atoms with van der Waals surface area (Å²) < 4.78 is 0. The van der Waals surface area contributed by atoms with Crippen LogP contribution in [0, 0.1) is 24.0 Å². The summed E-state index contributed by atoms with van der Waals surface area (Å²) in [5, 5.41) is 23.8. The highest BCUT2D eigenvalue weighted by Gasteiger charge is 2.47. The number of nitro benzene ring substituents is 1. The van der Waals surface area contributed by atoms with Gasteiger partial charge in [-0.2, -0.15) is 0 Å². The number of non-ortho nitro benzene ring substituents is 1. The summed E-state index contributed by atoms with van der Waals surface area (Å²) in [5.41, 5.74) is 2.43. The molecule has 156 valence electrons. The summed E-state index contributed by atoms with van der Waals surface area (Å²) in [6.07, 6.45) is 0. The van der Waals surface area contributed by atoms with Crippen molar-refractivity contribution in [2.75, 3.05) is 4.90 Å². The fourth-order valence-electron chi connectivity index (χ4n) is 3.69. The molecule has 1 saturated heterocycles. The maximum absolute atomic E-state index is 13.1. The third-order valence-corrected chi connectivity index (χ3v) is 6.30. The van der Waals surface area contributed by atoms with E-state index in [4.69, 9.17) is 0 Å². The second-order valence-electron chi connectivity index (χ2n) is 7.28. The van der Waals surface area contributed by atoms with Gasteiger partial charge in [0.15, 0.2) is 0 Å². The maximum atomic E-state index is 13.1. The van der Waals surface area contributed by atoms with Crippen molar-refractivity contribution in [1.29, 1.82) is 0 Å². The minimum absolute atomic E-state index is 0.0362. The van der Waals surface area contributed by atoms with Gasteiger partial charge in [-0.25, -0.2) is 0 Å². The molecule has 7 nitrogen and oxygen atoms in total. The zero-order chi connectivity index (χ0) is 22.3. The number of nitro groups is 1. The molecule has 8 heteroatoms. The molecule has 4 rings (SSSR count). The van der Waals surface area contributed by atoms with Gasteiger partial charge in [0.2, 0.25) is 0 Å². The summed E-state index contributed by atoms with van der Waals surface area (Å²) in [5.74, 6) is -1.89. The number of hydrogen-bond donors (Lipinski definition) is 1. The molecule has 1 fully saturated rings. The van der Waals surface area contributed by atoms with Crippen molar-refractivity contribution in [2.24, 2.45) is 0 Å². The van der Waals surface area contributed by atoms with Crippen LogP contribution in [0.15, 0.2) is 65.6 Å². The summed E-state index contributed by atoms with van der Waals surface area (Å²) in [6.45, 7) is 3.77. The average molecular weight is 434 g/mol. The summed E-state index contributed by atoms with van der Waals surface area (Å²) >= 11 is 1.40. The van der Waals surface area contributed by atoms with Crippen LogP contribution in [0.25, 0.3) is 5.76 Å². The number of Topliss-reactive ketones (excluding diaryl/α,β-unsaturated/α-hetero) is 1. The number of amides is 1. The van der Waals surface area contributed by atoms with Crippen molar-refractivity contribution < 1.29 is 19.6 Å². The van der Waals surface area contributed by atoms with Gasteiger partial charge in [0.25, 0.3) is 17.4 Å². The molecular weight excluding hydrogens is 416 g/mol. The van der Waals surface area contributed by atoms with Gasteiger partial charge < -0.3 is 5.11 Å². The minimum atomic E-state index is -0.796. The highest BCUT2D eigenvalue weighted by Crippen LogP contribution is 2.44. The lowest BCUT2D eigenvalue weighted by Gasteiger charge is -2.25. The van der Waals surface area contributed by atoms with Crippen LogP contribution in [-0.4, -0.2) is 21.7 Å². The van der Waals surface area contributed by atoms with E-state index in [9.17, 15) is 24.8 Å². The number of rotatable bonds is 4. The van der Waals surface area contributed by atoms with Crippen LogP contribution in [0.5, 0.6) is 0 Å². The fraction of sp³-hybridized carbons (Fsp3) is 0.130. The van der Waals surface area contributed by atoms with Crippen molar-refractivity contribution in [1.82, 2.24) is 0 Å². The van der Waals surface area contributed by atoms with Gasteiger partial charge in [0.05, 0.1) is 10.5 Å². The SMILES string of the molecule is Cc1cccc(N2C(=O)C(=O)/C(=C(\O)c3ccc([N+](=O)[O-])cc3)C2c2sccc2C)c1. The van der Waals surface area contributed by atoms with Gasteiger partial charge in [-0.15, -0.1) is 11.3 Å². The lowest BCUT2D eigenvalue weighted by molar-refractivity contribution is -0.384. The largest absolute Gasteiger partial charge is 0.507 e. The van der Waals surface area contributed by atoms with Crippen LogP contribution in [0.3, 0.4) is 0 Å². The number of carbonyl (C=O) groups excluding carboxylic acids is 2. The summed E-state index contributed by atoms with van der Waals surface area (Å²) in [6, 6.07) is 13.6. The van der Waals surface area contributed by atoms with Crippen molar-refractivity contribution >= 4 is 40.2 Å². The lowest BCUT2D eigenvalue weighted by Crippen LogP contribution is -2.29. The Morgan fingerprint density at radius 3 is 2.39 bits per heavy atom. The molecule has 31 heavy (non-hydrogen) atoms. The van der Waals surface area contributed by atoms with Gasteiger partial charge in [0.1, 0.15) is 11.8 Å². The van der Waals surface area contributed by atoms with E-state index in [0.717, 1.165) is 16.0 Å². The van der Waals surface area contributed by atoms with Crippen molar-refractivity contribution in [3.05, 3.63) is 97.2 Å². The van der Waals surface area contributed by atoms with E-state index in [1.807, 2.05) is 37.4 Å². The van der Waals surface area contributed by atoms with Crippen LogP contribution in [0.4, 0.5) is 11.4 Å². The molecule has 0 aliphatic carbocycles. The molecule has 0 spiro atoms. The van der Waals surface area contributed by atoms with E-state index in [0.29, 0.717) is 5.69 Å². The molecule has 0 saturated carbocycles. The molecule has 1 aliphatic heterocycles. The molecule has 1 aliphatic rings. The average Bonchev–Trinajstić information content (AvgIpc) is 3.28. The molecule has 0 bridgehead atoms. The second kappa shape index (κ2) is 7.81. The number of thiophene rings is 1. The fourth-order valence-corrected chi connectivity index (χ4v) is 4.71. The molecule has 3 aromatic rings. The van der Waals surface area contributed by atoms with E-state index in [-0.39, 0.29) is 22.6 Å². The molecule has 1 amide bonds. The first kappa shape index (κ1) is 20.5. The quantitative estimate of drug-likeness (QED) is 0.207. The summed E-state index contributed by atoms with van der Waals surface area (Å²) in [4.78, 5) is 38.7. The second-order valence-corrected chi connectivity index (χ2v) is 8.23. The Morgan fingerprint density at radius 2 is 1.81 bits per heavy atom. The van der Waals surface area contributed by atoms with E-state index < -0.39 is 22.7 Å². The van der Waals surface area contributed by atoms with Crippen LogP contribution in [0.1, 0.15) is 27.6 Å². The Morgan fingerprint density at radius 1 is 1.10 bits per heavy atom. The molecule has 2 aromatic carbocycles. The number of hydrogen-bond acceptors (Lipinski definition) is 6. The Balaban J connectivity index is 1.92. The predicted molar refractivity (Wildman–Crippen MR) is 118 cm³/mol. The van der Waals surface area contributed by atoms with Crippen molar-refractivity contribution in [3.63, 3.8) is 0 Å². The highest BCUT2D eigenvalue weighted by molar-refractivity contribution is 7.10. The van der Waals surface area contributed by atoms with Gasteiger partial charge in [-0.1, -0.05) is 12.1 Å². The first-order chi connectivity index (χ1) is 14.8. The zero-order valence-corrected chi connectivity index (χ0v) is 17.6. The molecule has 1 unspecified atom stereocenters. The maximum Gasteiger partial charge on any atom is 0.300 e. The van der Waals surface area contributed by atoms with E-state index in [1.165, 1.54) is 40.5 Å². The Bertz CT molecular complexity index is 1240. The van der Waals surface area contributed by atoms with Crippen molar-refractivity contribution in [2.45, 2.75) is 19.9 Å². The van der Waals surface area contributed by atoms with E-state index >= 15 is 0 Å². The van der Waals surface area contributed by atoms with Crippen molar-refractivity contribution in [3.8, 4) is 0 Å². The minimum Gasteiger partial charge on any atom is -0.507 e. The van der Waals surface area contributed by atoms with Gasteiger partial charge >= 0.3 is 0 Å². The number of ketones is 1. The van der Waals surface area contributed by atoms with Gasteiger partial charge in [-0.05, 0) is 60.7 Å². The van der Waals surface area contributed by atoms with Crippen LogP contribution in [-0.2, 0) is 9.59 Å². The Hall–Kier alpha value is -3.78. The topological polar surface area (TPSA) is 101 Å². The first-order valence-corrected chi connectivity index (χ1v) is 10.3. The number of carbonyl (C=O) groups is 2. The summed E-state index contributed by atoms with van der Waals surface area (Å²) in [7, 11) is 0. The number of aryl methyl sites for hydroxylation is 2. The van der Waals surface area contributed by atoms with E-state index in [1.54, 1.807) is 12.1 Å². The standard InChI is InChI=1S/C23H18N2O5S/c1-13-4-3-5-17(12-13)24-19(22-14(2)10-11-31-22)18(21(27)23(24)28)20(26)15-6-8-16(9-7-15)25(29)30/h3-12,19,26H,1-2H3/b20-18-. The Kier molecular flexibility index (Phi) is 5.16. The zero-order valence-electron chi connectivity index (χ0n) is 16.7. The number of aliphatic hydroxyl groups is 1. The normalized spacial score (nSPS) is 17.9. The molecule has 1 aromatic heterocycles. The molecule has 2 heterocycles. The monoisotopic (exact) mass is 434 g/mol. The van der Waals surface area contributed by atoms with Gasteiger partial charge in [-0.3, -0.25) is 24.6 Å². The lowest BCUT2D eigenvalue weighted by atomic mass is 9.98. The number of benzene rings is 2. The number of nitrogens with zero attached hydrogens (tertiary/aromatic N) is 2. The molecular formula is C23H18N2O5S. The third-order valence-electron chi connectivity index (χ3n) is 5.23. The van der Waals surface area contributed by atoms with Crippen LogP contribution < -0.4 is 4.90 Å². The molecule has 1 atom stereocenters. The van der Waals surface area contributed by atoms with Crippen LogP contribution >= 0.6 is 11.3 Å². The number of anilines is 1. The first-order valence-electron chi connectivity index (χ1n) is 9.46. The molecule has 1 N–H and O–H groups in total. The predicted octanol–water partition coefficient (Wildman–Crippen LogP) is 4.90. The smallest absolute Gasteiger partial charge is 0.300 e. The highest BCUT2D eigenvalue weighted by atomic mass is 32.1. The molecule has 0 radical (unpaired) electrons. The third kappa shape index (κ3) is 3.51.